The van der Waals surface area contributed by atoms with E-state index < -0.39 is 0 Å². The maximum atomic E-state index is 11.5. The van der Waals surface area contributed by atoms with Gasteiger partial charge < -0.3 is 9.88 Å². The molecule has 1 N–H and O–H groups in total. The number of rotatable bonds is 0. The molecule has 72 valence electrons. The van der Waals surface area contributed by atoms with E-state index in [1.807, 2.05) is 6.07 Å². The van der Waals surface area contributed by atoms with Crippen molar-refractivity contribution in [2.24, 2.45) is 7.05 Å². The number of nitrogens with one attached hydrogen (secondary N) is 1. The van der Waals surface area contributed by atoms with Gasteiger partial charge in [-0.2, -0.15) is 0 Å². The molecule has 2 rings (SSSR count). The molecule has 1 aromatic heterocycles. The number of hydrogen-bond donors (Lipinski definition) is 1. The van der Waals surface area contributed by atoms with Crippen LogP contribution in [-0.2, 0) is 13.5 Å². The Labute approximate surface area is 83.2 Å². The lowest BCUT2D eigenvalue weighted by atomic mass is 10.1. The van der Waals surface area contributed by atoms with Gasteiger partial charge in [0.2, 0.25) is 0 Å². The predicted molar refractivity (Wildman–Crippen MR) is 55.7 cm³/mol. The smallest absolute Gasteiger partial charge is 0.255 e. The van der Waals surface area contributed by atoms with Crippen molar-refractivity contribution >= 4 is 18.1 Å². The largest absolute Gasteiger partial charge is 0.385 e. The number of hydrogen-bond acceptors (Lipinski definition) is 2. The highest BCUT2D eigenvalue weighted by Gasteiger charge is 2.11. The highest BCUT2D eigenvalue weighted by Crippen LogP contribution is 2.16. The van der Waals surface area contributed by atoms with Gasteiger partial charge in [0.1, 0.15) is 0 Å². The number of aryl methyl sites for hydroxylation is 1. The quantitative estimate of drug-likeness (QED) is 0.682. The van der Waals surface area contributed by atoms with Gasteiger partial charge in [-0.25, -0.2) is 0 Å². The fraction of sp³-hybridized carbons (Fsp3) is 0.444. The van der Waals surface area contributed by atoms with E-state index >= 15 is 0 Å². The summed E-state index contributed by atoms with van der Waals surface area (Å²) in [5, 5.41) is 3.22. The van der Waals surface area contributed by atoms with Crippen molar-refractivity contribution in [3.05, 3.63) is 28.2 Å². The van der Waals surface area contributed by atoms with E-state index in [2.05, 4.69) is 5.32 Å². The molecule has 0 saturated heterocycles. The van der Waals surface area contributed by atoms with Crippen LogP contribution in [0.15, 0.2) is 17.1 Å². The Morgan fingerprint density at radius 2 is 2.31 bits per heavy atom. The third-order valence-electron chi connectivity index (χ3n) is 2.29. The van der Waals surface area contributed by atoms with Crippen LogP contribution in [0.25, 0.3) is 0 Å². The van der Waals surface area contributed by atoms with E-state index in [0.29, 0.717) is 0 Å². The van der Waals surface area contributed by atoms with Crippen LogP contribution in [0.2, 0.25) is 0 Å². The van der Waals surface area contributed by atoms with E-state index in [-0.39, 0.29) is 18.0 Å². The number of fused-ring (bicyclic) bond motifs is 1. The topological polar surface area (TPSA) is 34.0 Å². The van der Waals surface area contributed by atoms with Crippen LogP contribution in [0.1, 0.15) is 12.0 Å². The Hall–Kier alpha value is -0.960. The Morgan fingerprint density at radius 3 is 3.08 bits per heavy atom. The molecule has 0 fully saturated rings. The van der Waals surface area contributed by atoms with Crippen LogP contribution < -0.4 is 10.9 Å². The molecule has 0 saturated carbocycles. The standard InChI is InChI=1S/C9H12N2O.ClH/c1-11-6-4-8-7(9(11)12)3-2-5-10-8;/h4,6,10H,2-3,5H2,1H3;1H. The summed E-state index contributed by atoms with van der Waals surface area (Å²) in [5.41, 5.74) is 2.09. The highest BCUT2D eigenvalue weighted by atomic mass is 35.5. The highest BCUT2D eigenvalue weighted by molar-refractivity contribution is 5.85. The minimum atomic E-state index is 0. The monoisotopic (exact) mass is 200 g/mol. The number of anilines is 1. The Balaban J connectivity index is 0.000000845. The fourth-order valence-electron chi connectivity index (χ4n) is 1.58. The van der Waals surface area contributed by atoms with Gasteiger partial charge in [-0.15, -0.1) is 12.4 Å². The summed E-state index contributed by atoms with van der Waals surface area (Å²) >= 11 is 0. The van der Waals surface area contributed by atoms with Crippen molar-refractivity contribution in [1.29, 1.82) is 0 Å². The average Bonchev–Trinajstić information content (AvgIpc) is 2.12. The van der Waals surface area contributed by atoms with Crippen LogP contribution in [0.5, 0.6) is 0 Å². The first kappa shape index (κ1) is 10.1. The summed E-state index contributed by atoms with van der Waals surface area (Å²) in [4.78, 5) is 11.5. The van der Waals surface area contributed by atoms with E-state index in [9.17, 15) is 4.79 Å². The maximum Gasteiger partial charge on any atom is 0.255 e. The molecule has 0 aromatic carbocycles. The predicted octanol–water partition coefficient (Wildman–Crippen LogP) is 1.17. The van der Waals surface area contributed by atoms with Crippen LogP contribution in [0.4, 0.5) is 5.69 Å². The summed E-state index contributed by atoms with van der Waals surface area (Å²) in [6.45, 7) is 0.986. The number of aromatic nitrogens is 1. The van der Waals surface area contributed by atoms with E-state index in [1.54, 1.807) is 17.8 Å². The Bertz CT molecular complexity index is 359. The molecule has 0 unspecified atom stereocenters. The van der Waals surface area contributed by atoms with Gasteiger partial charge in [0.15, 0.2) is 0 Å². The van der Waals surface area contributed by atoms with Gasteiger partial charge in [0.05, 0.1) is 0 Å². The van der Waals surface area contributed by atoms with E-state index in [1.165, 1.54) is 0 Å². The number of halogens is 1. The fourth-order valence-corrected chi connectivity index (χ4v) is 1.58. The molecule has 0 radical (unpaired) electrons. The molecule has 1 aliphatic heterocycles. The minimum Gasteiger partial charge on any atom is -0.385 e. The molecule has 2 heterocycles. The minimum absolute atomic E-state index is 0. The lowest BCUT2D eigenvalue weighted by molar-refractivity contribution is 0.772. The number of pyridine rings is 1. The van der Waals surface area contributed by atoms with Crippen LogP contribution in [0, 0.1) is 0 Å². The van der Waals surface area contributed by atoms with Crippen LogP contribution in [0.3, 0.4) is 0 Å². The van der Waals surface area contributed by atoms with E-state index in [4.69, 9.17) is 0 Å². The SMILES string of the molecule is Cl.Cn1ccc2c(c1=O)CCCN2. The molecule has 3 nitrogen and oxygen atoms in total. The summed E-state index contributed by atoms with van der Waals surface area (Å²) in [5.74, 6) is 0. The lowest BCUT2D eigenvalue weighted by Gasteiger charge is -2.17. The second-order valence-electron chi connectivity index (χ2n) is 3.15. The van der Waals surface area contributed by atoms with Gasteiger partial charge in [-0.1, -0.05) is 0 Å². The van der Waals surface area contributed by atoms with Crippen LogP contribution in [-0.4, -0.2) is 11.1 Å². The van der Waals surface area contributed by atoms with Crippen LogP contribution >= 0.6 is 12.4 Å². The van der Waals surface area contributed by atoms with Crippen molar-refractivity contribution < 1.29 is 0 Å². The zero-order chi connectivity index (χ0) is 8.55. The third kappa shape index (κ3) is 1.70. The summed E-state index contributed by atoms with van der Waals surface area (Å²) in [7, 11) is 1.79. The molecule has 0 atom stereocenters. The molecule has 0 spiro atoms. The molecule has 13 heavy (non-hydrogen) atoms. The van der Waals surface area contributed by atoms with E-state index in [0.717, 1.165) is 30.6 Å². The first-order valence-electron chi connectivity index (χ1n) is 4.21. The first-order valence-corrected chi connectivity index (χ1v) is 4.21. The number of nitrogens with zero attached hydrogens (tertiary/aromatic N) is 1. The molecule has 4 heteroatoms. The molecule has 0 bridgehead atoms. The van der Waals surface area contributed by atoms with Gasteiger partial charge in [-0.3, -0.25) is 4.79 Å². The van der Waals surface area contributed by atoms with Crippen molar-refractivity contribution in [3.8, 4) is 0 Å². The molecule has 1 aromatic rings. The van der Waals surface area contributed by atoms with Gasteiger partial charge in [-0.05, 0) is 18.9 Å². The second-order valence-corrected chi connectivity index (χ2v) is 3.15. The Kier molecular flexibility index (Phi) is 2.98. The third-order valence-corrected chi connectivity index (χ3v) is 2.29. The zero-order valence-electron chi connectivity index (χ0n) is 7.54. The van der Waals surface area contributed by atoms with Crippen molar-refractivity contribution in [2.45, 2.75) is 12.8 Å². The van der Waals surface area contributed by atoms with Crippen molar-refractivity contribution in [1.82, 2.24) is 4.57 Å². The van der Waals surface area contributed by atoms with Crippen molar-refractivity contribution in [3.63, 3.8) is 0 Å². The summed E-state index contributed by atoms with van der Waals surface area (Å²) in [6.07, 6.45) is 3.78. The zero-order valence-corrected chi connectivity index (χ0v) is 8.36. The van der Waals surface area contributed by atoms with Gasteiger partial charge in [0.25, 0.3) is 5.56 Å². The maximum absolute atomic E-state index is 11.5. The molecular formula is C9H13ClN2O. The average molecular weight is 201 g/mol. The first-order chi connectivity index (χ1) is 5.79. The molecule has 0 amide bonds. The summed E-state index contributed by atoms with van der Waals surface area (Å²) < 4.78 is 1.63. The van der Waals surface area contributed by atoms with Gasteiger partial charge >= 0.3 is 0 Å². The molecule has 1 aliphatic rings. The van der Waals surface area contributed by atoms with Crippen molar-refractivity contribution in [2.75, 3.05) is 11.9 Å². The lowest BCUT2D eigenvalue weighted by Crippen LogP contribution is -2.25. The molecular weight excluding hydrogens is 188 g/mol. The van der Waals surface area contributed by atoms with Gasteiger partial charge in [0, 0.05) is 31.0 Å². The summed E-state index contributed by atoms with van der Waals surface area (Å²) in [6, 6.07) is 1.97. The second kappa shape index (κ2) is 3.83. The molecule has 0 aliphatic carbocycles. The normalized spacial score (nSPS) is 13.9. The Morgan fingerprint density at radius 1 is 1.54 bits per heavy atom.